The molecule has 0 spiro atoms. The number of aryl methyl sites for hydroxylation is 2. The first-order valence-corrected chi connectivity index (χ1v) is 10.4. The SMILES string of the molecule is COc1cc(/C=C(\C#N)C(=O)NCc2ccco2)ccc1OCCOc1cc(C)cc(C)c1. The van der Waals surface area contributed by atoms with Gasteiger partial charge in [-0.05, 0) is 73.0 Å². The van der Waals surface area contributed by atoms with Gasteiger partial charge in [0.1, 0.15) is 36.4 Å². The number of carbonyl (C=O) groups is 1. The van der Waals surface area contributed by atoms with E-state index in [4.69, 9.17) is 18.6 Å². The van der Waals surface area contributed by atoms with E-state index in [1.807, 2.05) is 32.0 Å². The van der Waals surface area contributed by atoms with Crippen LogP contribution < -0.4 is 19.5 Å². The van der Waals surface area contributed by atoms with Gasteiger partial charge in [0.15, 0.2) is 11.5 Å². The number of hydrogen-bond donors (Lipinski definition) is 1. The molecule has 3 aromatic rings. The number of nitrogens with one attached hydrogen (secondary N) is 1. The summed E-state index contributed by atoms with van der Waals surface area (Å²) in [6.45, 7) is 4.96. The van der Waals surface area contributed by atoms with Gasteiger partial charge in [0.2, 0.25) is 0 Å². The molecule has 33 heavy (non-hydrogen) atoms. The molecule has 0 aliphatic heterocycles. The summed E-state index contributed by atoms with van der Waals surface area (Å²) in [7, 11) is 1.53. The predicted molar refractivity (Wildman–Crippen MR) is 124 cm³/mol. The van der Waals surface area contributed by atoms with Crippen LogP contribution in [0.25, 0.3) is 6.08 Å². The Kier molecular flexibility index (Phi) is 8.14. The Bertz CT molecular complexity index is 1140. The minimum Gasteiger partial charge on any atom is -0.493 e. The van der Waals surface area contributed by atoms with Crippen LogP contribution in [0.15, 0.2) is 64.8 Å². The zero-order valence-corrected chi connectivity index (χ0v) is 18.9. The number of rotatable bonds is 10. The Hall–Kier alpha value is -4.18. The lowest BCUT2D eigenvalue weighted by Gasteiger charge is -2.13. The molecule has 0 aliphatic rings. The zero-order chi connectivity index (χ0) is 23.6. The van der Waals surface area contributed by atoms with Gasteiger partial charge in [-0.15, -0.1) is 0 Å². The fraction of sp³-hybridized carbons (Fsp3) is 0.231. The van der Waals surface area contributed by atoms with Crippen molar-refractivity contribution in [2.24, 2.45) is 0 Å². The van der Waals surface area contributed by atoms with Crippen LogP contribution in [-0.4, -0.2) is 26.2 Å². The molecule has 0 atom stereocenters. The molecule has 0 bridgehead atoms. The van der Waals surface area contributed by atoms with Crippen LogP contribution in [0.2, 0.25) is 0 Å². The van der Waals surface area contributed by atoms with Crippen molar-refractivity contribution in [2.45, 2.75) is 20.4 Å². The van der Waals surface area contributed by atoms with Crippen molar-refractivity contribution in [3.63, 3.8) is 0 Å². The number of methoxy groups -OCH3 is 1. The van der Waals surface area contributed by atoms with E-state index in [0.29, 0.717) is 36.0 Å². The molecule has 0 unspecified atom stereocenters. The highest BCUT2D eigenvalue weighted by Gasteiger charge is 2.11. The number of hydrogen-bond acceptors (Lipinski definition) is 6. The number of furan rings is 1. The standard InChI is InChI=1S/C26H26N2O5/c1-18-11-19(2)13-23(12-18)32-9-10-33-24-7-6-20(15-25(24)30-3)14-21(16-27)26(29)28-17-22-5-4-8-31-22/h4-8,11-15H,9-10,17H2,1-3H3,(H,28,29)/b21-14+. The minimum atomic E-state index is -0.489. The Morgan fingerprint density at radius 1 is 1.06 bits per heavy atom. The topological polar surface area (TPSA) is 93.7 Å². The maximum atomic E-state index is 12.3. The van der Waals surface area contributed by atoms with Gasteiger partial charge in [-0.3, -0.25) is 4.79 Å². The van der Waals surface area contributed by atoms with Crippen LogP contribution in [0.4, 0.5) is 0 Å². The molecule has 0 saturated heterocycles. The molecule has 1 amide bonds. The zero-order valence-electron chi connectivity index (χ0n) is 18.9. The van der Waals surface area contributed by atoms with Gasteiger partial charge in [0, 0.05) is 0 Å². The molecule has 7 heteroatoms. The third-order valence-electron chi connectivity index (χ3n) is 4.67. The van der Waals surface area contributed by atoms with Crippen molar-refractivity contribution in [2.75, 3.05) is 20.3 Å². The molecule has 7 nitrogen and oxygen atoms in total. The molecule has 1 heterocycles. The molecule has 3 rings (SSSR count). The lowest BCUT2D eigenvalue weighted by atomic mass is 10.1. The summed E-state index contributed by atoms with van der Waals surface area (Å²) in [5.74, 6) is 1.95. The van der Waals surface area contributed by atoms with Crippen LogP contribution in [0, 0.1) is 25.2 Å². The van der Waals surface area contributed by atoms with Gasteiger partial charge < -0.3 is 23.9 Å². The summed E-state index contributed by atoms with van der Waals surface area (Å²) in [5.41, 5.74) is 2.89. The lowest BCUT2D eigenvalue weighted by molar-refractivity contribution is -0.117. The average molecular weight is 447 g/mol. The number of nitriles is 1. The normalized spacial score (nSPS) is 10.9. The average Bonchev–Trinajstić information content (AvgIpc) is 3.32. The van der Waals surface area contributed by atoms with Crippen LogP contribution in [0.1, 0.15) is 22.5 Å². The molecule has 170 valence electrons. The predicted octanol–water partition coefficient (Wildman–Crippen LogP) is 4.59. The smallest absolute Gasteiger partial charge is 0.262 e. The van der Waals surface area contributed by atoms with Crippen LogP contribution >= 0.6 is 0 Å². The second kappa shape index (κ2) is 11.4. The molecule has 1 N–H and O–H groups in total. The maximum Gasteiger partial charge on any atom is 0.262 e. The van der Waals surface area contributed by atoms with Gasteiger partial charge in [0.25, 0.3) is 5.91 Å². The third kappa shape index (κ3) is 6.91. The van der Waals surface area contributed by atoms with Gasteiger partial charge in [-0.2, -0.15) is 5.26 Å². The van der Waals surface area contributed by atoms with Crippen LogP contribution in [-0.2, 0) is 11.3 Å². The quantitative estimate of drug-likeness (QED) is 0.278. The highest BCUT2D eigenvalue weighted by atomic mass is 16.5. The molecular weight excluding hydrogens is 420 g/mol. The first kappa shape index (κ1) is 23.5. The van der Waals surface area contributed by atoms with E-state index >= 15 is 0 Å². The summed E-state index contributed by atoms with van der Waals surface area (Å²) in [5, 5.41) is 12.1. The number of benzene rings is 2. The summed E-state index contributed by atoms with van der Waals surface area (Å²) >= 11 is 0. The molecule has 1 aromatic heterocycles. The van der Waals surface area contributed by atoms with Crippen molar-refractivity contribution in [1.82, 2.24) is 5.32 Å². The van der Waals surface area contributed by atoms with Crippen LogP contribution in [0.3, 0.4) is 0 Å². The van der Waals surface area contributed by atoms with Gasteiger partial charge in [0.05, 0.1) is 19.9 Å². The second-order valence-electron chi connectivity index (χ2n) is 7.36. The molecule has 0 fully saturated rings. The second-order valence-corrected chi connectivity index (χ2v) is 7.36. The summed E-state index contributed by atoms with van der Waals surface area (Å²) in [6.07, 6.45) is 3.01. The van der Waals surface area contributed by atoms with E-state index in [0.717, 1.165) is 16.9 Å². The molecular formula is C26H26N2O5. The van der Waals surface area contributed by atoms with Gasteiger partial charge in [-0.25, -0.2) is 0 Å². The fourth-order valence-corrected chi connectivity index (χ4v) is 3.21. The first-order valence-electron chi connectivity index (χ1n) is 10.4. The van der Waals surface area contributed by atoms with Crippen LogP contribution in [0.5, 0.6) is 17.2 Å². The van der Waals surface area contributed by atoms with Crippen molar-refractivity contribution < 1.29 is 23.4 Å². The van der Waals surface area contributed by atoms with Crippen molar-refractivity contribution in [3.05, 3.63) is 82.8 Å². The largest absolute Gasteiger partial charge is 0.493 e. The molecule has 0 saturated carbocycles. The molecule has 0 aliphatic carbocycles. The third-order valence-corrected chi connectivity index (χ3v) is 4.67. The van der Waals surface area contributed by atoms with E-state index in [2.05, 4.69) is 11.4 Å². The monoisotopic (exact) mass is 446 g/mol. The molecule has 2 aromatic carbocycles. The van der Waals surface area contributed by atoms with E-state index in [9.17, 15) is 10.1 Å². The Balaban J connectivity index is 1.59. The fourth-order valence-electron chi connectivity index (χ4n) is 3.21. The number of carbonyl (C=O) groups excluding carboxylic acids is 1. The van der Waals surface area contributed by atoms with Crippen molar-refractivity contribution >= 4 is 12.0 Å². The minimum absolute atomic E-state index is 0.0286. The summed E-state index contributed by atoms with van der Waals surface area (Å²) < 4.78 is 22.2. The van der Waals surface area contributed by atoms with E-state index < -0.39 is 5.91 Å². The highest BCUT2D eigenvalue weighted by Crippen LogP contribution is 2.29. The van der Waals surface area contributed by atoms with Gasteiger partial charge >= 0.3 is 0 Å². The maximum absolute atomic E-state index is 12.3. The number of amides is 1. The van der Waals surface area contributed by atoms with E-state index in [1.54, 1.807) is 30.3 Å². The highest BCUT2D eigenvalue weighted by molar-refractivity contribution is 6.01. The Morgan fingerprint density at radius 2 is 1.82 bits per heavy atom. The van der Waals surface area contributed by atoms with E-state index in [-0.39, 0.29) is 12.1 Å². The number of nitrogens with zero attached hydrogens (tertiary/aromatic N) is 1. The Labute approximate surface area is 193 Å². The Morgan fingerprint density at radius 3 is 2.48 bits per heavy atom. The summed E-state index contributed by atoms with van der Waals surface area (Å²) in [4.78, 5) is 12.3. The van der Waals surface area contributed by atoms with E-state index in [1.165, 1.54) is 19.4 Å². The molecule has 0 radical (unpaired) electrons. The lowest BCUT2D eigenvalue weighted by Crippen LogP contribution is -2.23. The first-order chi connectivity index (χ1) is 16.0. The van der Waals surface area contributed by atoms with Gasteiger partial charge in [-0.1, -0.05) is 12.1 Å². The summed E-state index contributed by atoms with van der Waals surface area (Å²) in [6, 6.07) is 16.6. The van der Waals surface area contributed by atoms with Crippen molar-refractivity contribution in [3.8, 4) is 23.3 Å². The van der Waals surface area contributed by atoms with Crippen molar-refractivity contribution in [1.29, 1.82) is 5.26 Å². The number of ether oxygens (including phenoxy) is 3.